The second kappa shape index (κ2) is 5.48. The summed E-state index contributed by atoms with van der Waals surface area (Å²) in [6.07, 6.45) is -2.83. The van der Waals surface area contributed by atoms with Gasteiger partial charge in [0.2, 0.25) is 5.91 Å². The van der Waals surface area contributed by atoms with E-state index in [-0.39, 0.29) is 31.3 Å². The van der Waals surface area contributed by atoms with Crippen LogP contribution in [0, 0.1) is 5.41 Å². The van der Waals surface area contributed by atoms with Gasteiger partial charge in [-0.2, -0.15) is 24.9 Å². The van der Waals surface area contributed by atoms with Crippen LogP contribution in [0.15, 0.2) is 0 Å². The zero-order valence-corrected chi connectivity index (χ0v) is 10.7. The molecule has 0 spiro atoms. The summed E-state index contributed by atoms with van der Waals surface area (Å²) in [5, 5.41) is 5.13. The number of rotatable bonds is 4. The Balaban J connectivity index is 2.69. The van der Waals surface area contributed by atoms with Gasteiger partial charge in [-0.1, -0.05) is 6.92 Å². The van der Waals surface area contributed by atoms with Gasteiger partial charge < -0.3 is 10.6 Å². The summed E-state index contributed by atoms with van der Waals surface area (Å²) < 4.78 is 38.9. The van der Waals surface area contributed by atoms with E-state index in [0.29, 0.717) is 0 Å². The zero-order chi connectivity index (χ0) is 13.1. The van der Waals surface area contributed by atoms with Crippen LogP contribution in [0.4, 0.5) is 13.2 Å². The second-order valence-electron chi connectivity index (χ2n) is 4.26. The van der Waals surface area contributed by atoms with Gasteiger partial charge in [-0.25, -0.2) is 0 Å². The van der Waals surface area contributed by atoms with Gasteiger partial charge in [0.1, 0.15) is 0 Å². The normalized spacial score (nSPS) is 26.9. The monoisotopic (exact) mass is 270 g/mol. The molecule has 0 radical (unpaired) electrons. The van der Waals surface area contributed by atoms with Gasteiger partial charge >= 0.3 is 6.18 Å². The van der Waals surface area contributed by atoms with Crippen molar-refractivity contribution in [2.24, 2.45) is 5.41 Å². The van der Waals surface area contributed by atoms with Crippen LogP contribution in [0.2, 0.25) is 0 Å². The molecule has 0 saturated carbocycles. The highest BCUT2D eigenvalue weighted by Gasteiger charge is 2.61. The van der Waals surface area contributed by atoms with E-state index in [4.69, 9.17) is 0 Å². The first-order valence-corrected chi connectivity index (χ1v) is 6.71. The number of carbonyl (C=O) groups excluding carboxylic acids is 1. The highest BCUT2D eigenvalue weighted by Crippen LogP contribution is 2.43. The Morgan fingerprint density at radius 1 is 1.59 bits per heavy atom. The Kier molecular flexibility index (Phi) is 4.71. The molecule has 0 aliphatic carbocycles. The Labute approximate surface area is 103 Å². The first kappa shape index (κ1) is 14.6. The van der Waals surface area contributed by atoms with E-state index in [0.717, 1.165) is 0 Å². The van der Waals surface area contributed by atoms with E-state index in [2.05, 4.69) is 10.6 Å². The molecule has 0 aromatic rings. The van der Waals surface area contributed by atoms with Crippen molar-refractivity contribution in [3.05, 3.63) is 0 Å². The molecule has 2 N–H and O–H groups in total. The van der Waals surface area contributed by atoms with Crippen molar-refractivity contribution < 1.29 is 18.0 Å². The van der Waals surface area contributed by atoms with E-state index in [9.17, 15) is 18.0 Å². The summed E-state index contributed by atoms with van der Waals surface area (Å²) in [6, 6.07) is 0. The predicted molar refractivity (Wildman–Crippen MR) is 62.0 cm³/mol. The molecule has 2 atom stereocenters. The first-order chi connectivity index (χ1) is 7.83. The first-order valence-electron chi connectivity index (χ1n) is 5.42. The topological polar surface area (TPSA) is 41.1 Å². The largest absolute Gasteiger partial charge is 0.404 e. The van der Waals surface area contributed by atoms with Crippen LogP contribution in [0.1, 0.15) is 13.3 Å². The van der Waals surface area contributed by atoms with Crippen LogP contribution in [-0.4, -0.2) is 43.2 Å². The minimum Gasteiger partial charge on any atom is -0.354 e. The summed E-state index contributed by atoms with van der Waals surface area (Å²) in [5.74, 6) is -0.907. The van der Waals surface area contributed by atoms with E-state index >= 15 is 0 Å². The number of halogens is 3. The molecular formula is C10H17F3N2OS. The maximum atomic E-state index is 13.0. The van der Waals surface area contributed by atoms with E-state index in [1.54, 1.807) is 0 Å². The molecule has 0 aromatic heterocycles. The molecule has 7 heteroatoms. The van der Waals surface area contributed by atoms with Gasteiger partial charge in [-0.3, -0.25) is 4.79 Å². The minimum atomic E-state index is -4.50. The van der Waals surface area contributed by atoms with E-state index in [1.807, 2.05) is 13.2 Å². The van der Waals surface area contributed by atoms with Gasteiger partial charge in [0.15, 0.2) is 5.41 Å². The molecule has 0 aromatic carbocycles. The molecule has 1 heterocycles. The van der Waals surface area contributed by atoms with Crippen molar-refractivity contribution >= 4 is 17.7 Å². The number of hydrogen-bond donors (Lipinski definition) is 2. The van der Waals surface area contributed by atoms with Crippen molar-refractivity contribution in [3.8, 4) is 0 Å². The van der Waals surface area contributed by atoms with Crippen LogP contribution in [0.25, 0.3) is 0 Å². The van der Waals surface area contributed by atoms with Crippen molar-refractivity contribution in [2.45, 2.75) is 24.8 Å². The summed E-state index contributed by atoms with van der Waals surface area (Å²) >= 11 is 1.50. The van der Waals surface area contributed by atoms with Crippen molar-refractivity contribution in [3.63, 3.8) is 0 Å². The fraction of sp³-hybridized carbons (Fsp3) is 0.900. The molecule has 3 nitrogen and oxygen atoms in total. The molecule has 1 fully saturated rings. The molecule has 1 aliphatic heterocycles. The standard InChI is InChI=1S/C10H17F3N2OS/c1-7(17-2)5-15-8(16)9(10(11,12)13)3-4-14-6-9/h7,14H,3-6H2,1-2H3,(H,15,16). The Bertz CT molecular complexity index is 277. The van der Waals surface area contributed by atoms with Crippen LogP contribution in [0.3, 0.4) is 0 Å². The van der Waals surface area contributed by atoms with E-state index in [1.165, 1.54) is 11.8 Å². The third kappa shape index (κ3) is 3.07. The molecule has 1 amide bonds. The van der Waals surface area contributed by atoms with Crippen LogP contribution < -0.4 is 10.6 Å². The SMILES string of the molecule is CSC(C)CNC(=O)C1(C(F)(F)F)CCNC1. The fourth-order valence-corrected chi connectivity index (χ4v) is 2.00. The average molecular weight is 270 g/mol. The Morgan fingerprint density at radius 3 is 2.65 bits per heavy atom. The van der Waals surface area contributed by atoms with Crippen LogP contribution >= 0.6 is 11.8 Å². The van der Waals surface area contributed by atoms with Crippen molar-refractivity contribution in [1.29, 1.82) is 0 Å². The fourth-order valence-electron chi connectivity index (χ4n) is 1.75. The molecule has 1 rings (SSSR count). The van der Waals surface area contributed by atoms with Crippen molar-refractivity contribution in [2.75, 3.05) is 25.9 Å². The van der Waals surface area contributed by atoms with Gasteiger partial charge in [0.05, 0.1) is 0 Å². The number of alkyl halides is 3. The molecule has 1 aliphatic rings. The third-order valence-corrected chi connectivity index (χ3v) is 4.06. The lowest BCUT2D eigenvalue weighted by Gasteiger charge is -2.29. The second-order valence-corrected chi connectivity index (χ2v) is 5.54. The number of carbonyl (C=O) groups is 1. The lowest BCUT2D eigenvalue weighted by molar-refractivity contribution is -0.215. The molecule has 0 bridgehead atoms. The summed E-state index contributed by atoms with van der Waals surface area (Å²) in [7, 11) is 0. The number of nitrogens with one attached hydrogen (secondary N) is 2. The predicted octanol–water partition coefficient (Wildman–Crippen LogP) is 1.40. The highest BCUT2D eigenvalue weighted by molar-refractivity contribution is 7.99. The van der Waals surface area contributed by atoms with Gasteiger partial charge in [0.25, 0.3) is 0 Å². The number of amides is 1. The lowest BCUT2D eigenvalue weighted by atomic mass is 9.85. The smallest absolute Gasteiger partial charge is 0.354 e. The molecular weight excluding hydrogens is 253 g/mol. The Hall–Kier alpha value is -0.430. The van der Waals surface area contributed by atoms with Crippen molar-refractivity contribution in [1.82, 2.24) is 10.6 Å². The van der Waals surface area contributed by atoms with Crippen LogP contribution in [-0.2, 0) is 4.79 Å². The number of thioether (sulfide) groups is 1. The maximum Gasteiger partial charge on any atom is 0.404 e. The lowest BCUT2D eigenvalue weighted by Crippen LogP contribution is -2.53. The Morgan fingerprint density at radius 2 is 2.24 bits per heavy atom. The minimum absolute atomic E-state index is 0.110. The molecule has 2 unspecified atom stereocenters. The quantitative estimate of drug-likeness (QED) is 0.811. The summed E-state index contributed by atoms with van der Waals surface area (Å²) in [6.45, 7) is 2.02. The summed E-state index contributed by atoms with van der Waals surface area (Å²) in [4.78, 5) is 11.8. The molecule has 100 valence electrons. The third-order valence-electron chi connectivity index (χ3n) is 3.09. The zero-order valence-electron chi connectivity index (χ0n) is 9.86. The van der Waals surface area contributed by atoms with Crippen LogP contribution in [0.5, 0.6) is 0 Å². The average Bonchev–Trinajstić information content (AvgIpc) is 2.74. The molecule has 17 heavy (non-hydrogen) atoms. The highest BCUT2D eigenvalue weighted by atomic mass is 32.2. The number of hydrogen-bond acceptors (Lipinski definition) is 3. The van der Waals surface area contributed by atoms with Gasteiger partial charge in [0, 0.05) is 18.3 Å². The van der Waals surface area contributed by atoms with Gasteiger partial charge in [-0.05, 0) is 19.2 Å². The van der Waals surface area contributed by atoms with E-state index < -0.39 is 17.5 Å². The summed E-state index contributed by atoms with van der Waals surface area (Å²) in [5.41, 5.74) is -2.24. The van der Waals surface area contributed by atoms with Gasteiger partial charge in [-0.15, -0.1) is 0 Å². The maximum absolute atomic E-state index is 13.0. The molecule has 1 saturated heterocycles.